The summed E-state index contributed by atoms with van der Waals surface area (Å²) in [4.78, 5) is 2.82. The minimum Gasteiger partial charge on any atom is -0.504 e. The number of fused-ring (bicyclic) bond motifs is 2. The second-order valence-electron chi connectivity index (χ2n) is 13.8. The van der Waals surface area contributed by atoms with Crippen molar-refractivity contribution < 1.29 is 19.7 Å². The summed E-state index contributed by atoms with van der Waals surface area (Å²) >= 11 is 0. The van der Waals surface area contributed by atoms with Gasteiger partial charge in [-0.3, -0.25) is 4.90 Å². The third-order valence-corrected chi connectivity index (χ3v) is 11.9. The Bertz CT molecular complexity index is 1060. The van der Waals surface area contributed by atoms with Crippen molar-refractivity contribution in [3.8, 4) is 11.5 Å². The molecule has 2 spiro atoms. The molecule has 0 aromatic heterocycles. The molecule has 0 radical (unpaired) electrons. The van der Waals surface area contributed by atoms with Gasteiger partial charge in [-0.25, -0.2) is 0 Å². The molecule has 0 amide bonds. The minimum absolute atomic E-state index is 0.0294. The highest BCUT2D eigenvalue weighted by molar-refractivity contribution is 5.63. The summed E-state index contributed by atoms with van der Waals surface area (Å²) in [7, 11) is 1.83. The van der Waals surface area contributed by atoms with E-state index < -0.39 is 11.2 Å². The molecule has 8 rings (SSSR count). The fourth-order valence-corrected chi connectivity index (χ4v) is 9.58. The van der Waals surface area contributed by atoms with Crippen molar-refractivity contribution in [3.05, 3.63) is 23.3 Å². The number of benzene rings is 1. The fraction of sp³-hybridized carbons (Fsp3) is 0.793. The molecule has 5 nitrogen and oxygen atoms in total. The Balaban J connectivity index is 1.47. The van der Waals surface area contributed by atoms with Gasteiger partial charge in [0, 0.05) is 42.0 Å². The fourth-order valence-electron chi connectivity index (χ4n) is 9.58. The van der Waals surface area contributed by atoms with Gasteiger partial charge in [-0.2, -0.15) is 0 Å². The smallest absolute Gasteiger partial charge is 0.165 e. The average molecular weight is 468 g/mol. The van der Waals surface area contributed by atoms with E-state index in [1.54, 1.807) is 0 Å². The lowest BCUT2D eigenvalue weighted by Crippen LogP contribution is -2.83. The van der Waals surface area contributed by atoms with Crippen molar-refractivity contribution in [2.75, 3.05) is 20.2 Å². The van der Waals surface area contributed by atoms with Gasteiger partial charge >= 0.3 is 0 Å². The first-order valence-corrected chi connectivity index (χ1v) is 13.6. The van der Waals surface area contributed by atoms with Gasteiger partial charge in [0.15, 0.2) is 11.5 Å². The van der Waals surface area contributed by atoms with Crippen LogP contribution in [0.25, 0.3) is 0 Å². The molecule has 1 saturated heterocycles. The lowest BCUT2D eigenvalue weighted by atomic mass is 9.33. The number of ether oxygens (including phenoxy) is 2. The zero-order chi connectivity index (χ0) is 23.9. The number of aromatic hydroxyl groups is 1. The van der Waals surface area contributed by atoms with Crippen LogP contribution in [0.5, 0.6) is 11.5 Å². The Morgan fingerprint density at radius 1 is 1.15 bits per heavy atom. The molecular weight excluding hydrogens is 426 g/mol. The van der Waals surface area contributed by atoms with Gasteiger partial charge in [0.1, 0.15) is 11.7 Å². The summed E-state index contributed by atoms with van der Waals surface area (Å²) in [6, 6.07) is 4.46. The van der Waals surface area contributed by atoms with Crippen molar-refractivity contribution in [1.29, 1.82) is 0 Å². The zero-order valence-electron chi connectivity index (χ0n) is 21.5. The largest absolute Gasteiger partial charge is 0.504 e. The Labute approximate surface area is 203 Å². The van der Waals surface area contributed by atoms with E-state index in [-0.39, 0.29) is 34.0 Å². The van der Waals surface area contributed by atoms with Gasteiger partial charge in [0.2, 0.25) is 0 Å². The Morgan fingerprint density at radius 3 is 2.59 bits per heavy atom. The zero-order valence-corrected chi connectivity index (χ0v) is 21.5. The van der Waals surface area contributed by atoms with E-state index in [4.69, 9.17) is 9.47 Å². The van der Waals surface area contributed by atoms with Crippen molar-refractivity contribution >= 4 is 0 Å². The number of methoxy groups -OCH3 is 1. The Hall–Kier alpha value is -1.30. The monoisotopic (exact) mass is 467 g/mol. The van der Waals surface area contributed by atoms with E-state index in [1.807, 2.05) is 20.1 Å². The minimum atomic E-state index is -0.909. The molecule has 5 aliphatic carbocycles. The van der Waals surface area contributed by atoms with E-state index in [1.165, 1.54) is 30.5 Å². The van der Waals surface area contributed by atoms with Crippen LogP contribution in [-0.2, 0) is 16.6 Å². The average Bonchev–Trinajstić information content (AvgIpc) is 3.53. The lowest BCUT2D eigenvalue weighted by molar-refractivity contribution is -0.312. The number of phenols is 1. The molecule has 7 atom stereocenters. The standard InChI is InChI=1S/C29H41NO4/c1-25(2,3)26(4,32)20-15-27-10-11-29(20,33-5)24-28(27)12-13-30(16-17-6-7-17)21(27)14-18-8-9-19(31)23(34-24)22(18)28/h8-9,17,20-21,24,31-32H,6-7,10-16H2,1-5H3/t20-,21+,24-,26?,27-,28-,29?/m1/s1. The van der Waals surface area contributed by atoms with E-state index in [0.29, 0.717) is 11.8 Å². The van der Waals surface area contributed by atoms with E-state index in [2.05, 4.69) is 31.7 Å². The predicted octanol–water partition coefficient (Wildman–Crippen LogP) is 4.41. The van der Waals surface area contributed by atoms with Gasteiger partial charge in [-0.1, -0.05) is 26.8 Å². The summed E-state index contributed by atoms with van der Waals surface area (Å²) < 4.78 is 13.5. The molecule has 34 heavy (non-hydrogen) atoms. The van der Waals surface area contributed by atoms with Gasteiger partial charge in [-0.15, -0.1) is 0 Å². The summed E-state index contributed by atoms with van der Waals surface area (Å²) in [5.74, 6) is 1.80. The topological polar surface area (TPSA) is 62.2 Å². The lowest BCUT2D eigenvalue weighted by Gasteiger charge is -2.75. The second-order valence-corrected chi connectivity index (χ2v) is 13.8. The molecule has 7 aliphatic rings. The molecule has 1 aromatic rings. The first-order valence-electron chi connectivity index (χ1n) is 13.6. The summed E-state index contributed by atoms with van der Waals surface area (Å²) in [5.41, 5.74) is 0.783. The van der Waals surface area contributed by atoms with Gasteiger partial charge in [0.25, 0.3) is 0 Å². The van der Waals surface area contributed by atoms with E-state index in [0.717, 1.165) is 44.6 Å². The highest BCUT2D eigenvalue weighted by Crippen LogP contribution is 2.78. The van der Waals surface area contributed by atoms with Gasteiger partial charge in [0.05, 0.1) is 5.60 Å². The van der Waals surface area contributed by atoms with Crippen LogP contribution in [-0.4, -0.2) is 58.7 Å². The van der Waals surface area contributed by atoms with Crippen LogP contribution in [0, 0.1) is 22.7 Å². The van der Waals surface area contributed by atoms with Crippen molar-refractivity contribution in [1.82, 2.24) is 4.90 Å². The molecule has 186 valence electrons. The van der Waals surface area contributed by atoms with Crippen molar-refractivity contribution in [2.45, 2.75) is 101 Å². The first kappa shape index (κ1) is 21.9. The molecule has 4 saturated carbocycles. The maximum absolute atomic E-state index is 12.2. The van der Waals surface area contributed by atoms with Crippen LogP contribution in [0.2, 0.25) is 0 Å². The maximum atomic E-state index is 12.2. The molecule has 5 heteroatoms. The Morgan fingerprint density at radius 2 is 1.91 bits per heavy atom. The van der Waals surface area contributed by atoms with Crippen LogP contribution in [0.4, 0.5) is 0 Å². The van der Waals surface area contributed by atoms with Gasteiger partial charge in [-0.05, 0) is 81.4 Å². The second kappa shape index (κ2) is 6.33. The molecule has 4 bridgehead atoms. The van der Waals surface area contributed by atoms with Crippen molar-refractivity contribution in [3.63, 3.8) is 0 Å². The predicted molar refractivity (Wildman–Crippen MR) is 130 cm³/mol. The van der Waals surface area contributed by atoms with Crippen LogP contribution in [0.3, 0.4) is 0 Å². The summed E-state index contributed by atoms with van der Waals surface area (Å²) in [6.07, 6.45) is 7.64. The number of phenolic OH excluding ortho intramolecular Hbond substituents is 1. The molecule has 2 aliphatic heterocycles. The number of hydrogen-bond donors (Lipinski definition) is 2. The maximum Gasteiger partial charge on any atom is 0.165 e. The van der Waals surface area contributed by atoms with E-state index >= 15 is 0 Å². The third kappa shape index (κ3) is 2.25. The first-order chi connectivity index (χ1) is 16.0. The number of likely N-dealkylation sites (tertiary alicyclic amines) is 1. The molecule has 1 aromatic carbocycles. The SMILES string of the molecule is COC12CC[C@@]3(C[C@@H]1C(C)(O)C(C)(C)C)[C@@H]1Cc4ccc(O)c5c4[C@]3(CCN1CC1CC1)[C@H]2O5. The van der Waals surface area contributed by atoms with Crippen LogP contribution >= 0.6 is 0 Å². The normalized spacial score (nSPS) is 43.9. The number of nitrogens with zero attached hydrogens (tertiary/aromatic N) is 1. The number of aliphatic hydroxyl groups is 1. The molecular formula is C29H41NO4. The van der Waals surface area contributed by atoms with E-state index in [9.17, 15) is 10.2 Å². The molecule has 2 N–H and O–H groups in total. The number of rotatable bonds is 4. The highest BCUT2D eigenvalue weighted by atomic mass is 16.6. The highest BCUT2D eigenvalue weighted by Gasteiger charge is 2.82. The van der Waals surface area contributed by atoms with Gasteiger partial charge < -0.3 is 19.7 Å². The Kier molecular flexibility index (Phi) is 4.08. The molecule has 5 fully saturated rings. The number of hydrogen-bond acceptors (Lipinski definition) is 5. The van der Waals surface area contributed by atoms with Crippen molar-refractivity contribution in [2.24, 2.45) is 22.7 Å². The molecule has 2 heterocycles. The van der Waals surface area contributed by atoms with Crippen LogP contribution in [0.1, 0.15) is 77.3 Å². The third-order valence-electron chi connectivity index (χ3n) is 11.9. The molecule has 2 unspecified atom stereocenters. The summed E-state index contributed by atoms with van der Waals surface area (Å²) in [5, 5.41) is 23.2. The van der Waals surface area contributed by atoms with Crippen LogP contribution in [0.15, 0.2) is 12.1 Å². The number of piperidine rings is 1. The van der Waals surface area contributed by atoms with Crippen LogP contribution < -0.4 is 4.74 Å². The summed E-state index contributed by atoms with van der Waals surface area (Å²) in [6.45, 7) is 10.8. The quantitative estimate of drug-likeness (QED) is 0.687.